The second-order valence-electron chi connectivity index (χ2n) is 6.91. The van der Waals surface area contributed by atoms with Crippen LogP contribution in [-0.2, 0) is 11.2 Å². The molecule has 0 saturated carbocycles. The maximum Gasteiger partial charge on any atom is 0.231 e. The molecule has 0 bridgehead atoms. The van der Waals surface area contributed by atoms with Gasteiger partial charge in [-0.25, -0.2) is 0 Å². The van der Waals surface area contributed by atoms with E-state index in [0.717, 1.165) is 43.9 Å². The summed E-state index contributed by atoms with van der Waals surface area (Å²) >= 11 is 0. The molecule has 1 fully saturated rings. The molecule has 0 unspecified atom stereocenters. The number of nitrogens with zero attached hydrogens (tertiary/aromatic N) is 1. The normalized spacial score (nSPS) is 34.4. The highest BCUT2D eigenvalue weighted by Crippen LogP contribution is 2.54. The van der Waals surface area contributed by atoms with Crippen molar-refractivity contribution in [1.82, 2.24) is 4.90 Å². The summed E-state index contributed by atoms with van der Waals surface area (Å²) < 4.78 is 16.6. The number of methoxy groups -OCH3 is 1. The maximum absolute atomic E-state index is 11.0. The Morgan fingerprint density at radius 1 is 1.26 bits per heavy atom. The van der Waals surface area contributed by atoms with Gasteiger partial charge >= 0.3 is 0 Å². The lowest BCUT2D eigenvalue weighted by Gasteiger charge is -2.38. The van der Waals surface area contributed by atoms with Gasteiger partial charge in [-0.15, -0.1) is 0 Å². The van der Waals surface area contributed by atoms with Crippen LogP contribution >= 0.6 is 0 Å². The second-order valence-corrected chi connectivity index (χ2v) is 6.91. The van der Waals surface area contributed by atoms with E-state index in [4.69, 9.17) is 14.2 Å². The summed E-state index contributed by atoms with van der Waals surface area (Å²) in [6.07, 6.45) is 4.78. The molecular weight excluding hydrogens is 294 g/mol. The van der Waals surface area contributed by atoms with Crippen LogP contribution in [-0.4, -0.2) is 48.6 Å². The third-order valence-electron chi connectivity index (χ3n) is 5.99. The number of hydrogen-bond acceptors (Lipinski definition) is 5. The molecule has 3 aliphatic heterocycles. The van der Waals surface area contributed by atoms with Crippen molar-refractivity contribution in [2.45, 2.75) is 36.8 Å². The van der Waals surface area contributed by atoms with Crippen LogP contribution in [0.5, 0.6) is 11.5 Å². The highest BCUT2D eigenvalue weighted by molar-refractivity contribution is 5.54. The first-order chi connectivity index (χ1) is 11.2. The number of hydrogen-bond donors (Lipinski definition) is 1. The zero-order valence-corrected chi connectivity index (χ0v) is 13.2. The quantitative estimate of drug-likeness (QED) is 0.856. The smallest absolute Gasteiger partial charge is 0.231 e. The van der Waals surface area contributed by atoms with Crippen molar-refractivity contribution < 1.29 is 19.3 Å². The van der Waals surface area contributed by atoms with E-state index >= 15 is 0 Å². The molecule has 0 radical (unpaired) electrons. The van der Waals surface area contributed by atoms with Crippen molar-refractivity contribution in [2.75, 3.05) is 27.0 Å². The number of rotatable bonds is 1. The van der Waals surface area contributed by atoms with E-state index in [1.807, 2.05) is 0 Å². The lowest BCUT2D eigenvalue weighted by molar-refractivity contribution is 0.0782. The minimum atomic E-state index is -0.599. The van der Waals surface area contributed by atoms with E-state index in [9.17, 15) is 5.11 Å². The monoisotopic (exact) mass is 315 g/mol. The summed E-state index contributed by atoms with van der Waals surface area (Å²) in [5.74, 6) is 2.33. The molecule has 122 valence electrons. The summed E-state index contributed by atoms with van der Waals surface area (Å²) in [6, 6.07) is 4.19. The molecule has 1 aliphatic carbocycles. The molecule has 5 rings (SSSR count). The first-order valence-electron chi connectivity index (χ1n) is 8.35. The Bertz CT molecular complexity index is 701. The van der Waals surface area contributed by atoms with E-state index in [-0.39, 0.29) is 18.2 Å². The molecule has 1 saturated heterocycles. The molecule has 1 aromatic carbocycles. The molecule has 1 aromatic rings. The fourth-order valence-electron chi connectivity index (χ4n) is 4.99. The minimum Gasteiger partial charge on any atom is -0.499 e. The Kier molecular flexibility index (Phi) is 2.77. The molecule has 4 aliphatic rings. The van der Waals surface area contributed by atoms with Crippen molar-refractivity contribution in [3.05, 3.63) is 35.1 Å². The van der Waals surface area contributed by atoms with E-state index in [1.165, 1.54) is 11.1 Å². The van der Waals surface area contributed by atoms with E-state index < -0.39 is 6.10 Å². The van der Waals surface area contributed by atoms with E-state index in [0.29, 0.717) is 5.76 Å². The van der Waals surface area contributed by atoms with Crippen LogP contribution in [0.25, 0.3) is 0 Å². The number of aliphatic hydroxyl groups excluding tert-OH is 1. The van der Waals surface area contributed by atoms with Gasteiger partial charge in [-0.3, -0.25) is 4.90 Å². The van der Waals surface area contributed by atoms with Gasteiger partial charge in [0.2, 0.25) is 6.79 Å². The molecule has 3 atom stereocenters. The van der Waals surface area contributed by atoms with Gasteiger partial charge in [0.1, 0.15) is 11.9 Å². The zero-order chi connectivity index (χ0) is 15.6. The van der Waals surface area contributed by atoms with Crippen LogP contribution in [0.15, 0.2) is 24.0 Å². The van der Waals surface area contributed by atoms with Crippen LogP contribution in [0.3, 0.4) is 0 Å². The molecule has 3 heterocycles. The van der Waals surface area contributed by atoms with Crippen LogP contribution in [0.2, 0.25) is 0 Å². The lowest BCUT2D eigenvalue weighted by atomic mass is 9.78. The van der Waals surface area contributed by atoms with Gasteiger partial charge in [0.15, 0.2) is 11.5 Å². The SMILES string of the molecule is COC1=C[C@@]23CCCN2CCc2cc4c(cc2[C@@H]3[C@H]1O)OCO4. The Labute approximate surface area is 135 Å². The summed E-state index contributed by atoms with van der Waals surface area (Å²) in [5, 5.41) is 11.0. The average molecular weight is 315 g/mol. The summed E-state index contributed by atoms with van der Waals surface area (Å²) in [4.78, 5) is 2.53. The van der Waals surface area contributed by atoms with Crippen molar-refractivity contribution in [2.24, 2.45) is 0 Å². The first-order valence-corrected chi connectivity index (χ1v) is 8.35. The number of benzene rings is 1. The van der Waals surface area contributed by atoms with Crippen molar-refractivity contribution in [1.29, 1.82) is 0 Å². The Morgan fingerprint density at radius 3 is 2.91 bits per heavy atom. The molecule has 5 nitrogen and oxygen atoms in total. The summed E-state index contributed by atoms with van der Waals surface area (Å²) in [5.41, 5.74) is 2.33. The number of fused-ring (bicyclic) bond motifs is 3. The molecule has 23 heavy (non-hydrogen) atoms. The van der Waals surface area contributed by atoms with Crippen LogP contribution in [0, 0.1) is 0 Å². The van der Waals surface area contributed by atoms with Crippen molar-refractivity contribution >= 4 is 0 Å². The highest BCUT2D eigenvalue weighted by atomic mass is 16.7. The first kappa shape index (κ1) is 13.7. The Balaban J connectivity index is 1.70. The lowest BCUT2D eigenvalue weighted by Crippen LogP contribution is -2.46. The van der Waals surface area contributed by atoms with Gasteiger partial charge in [-0.2, -0.15) is 0 Å². The van der Waals surface area contributed by atoms with E-state index in [2.05, 4.69) is 23.1 Å². The predicted octanol–water partition coefficient (Wildman–Crippen LogP) is 1.79. The predicted molar refractivity (Wildman–Crippen MR) is 83.6 cm³/mol. The summed E-state index contributed by atoms with van der Waals surface area (Å²) in [7, 11) is 1.65. The van der Waals surface area contributed by atoms with Gasteiger partial charge in [0.05, 0.1) is 12.6 Å². The molecule has 0 aromatic heterocycles. The van der Waals surface area contributed by atoms with Gasteiger partial charge in [-0.05, 0) is 55.1 Å². The highest BCUT2D eigenvalue weighted by Gasteiger charge is 2.56. The van der Waals surface area contributed by atoms with Gasteiger partial charge in [0.25, 0.3) is 0 Å². The molecule has 1 N–H and O–H groups in total. The van der Waals surface area contributed by atoms with Crippen molar-refractivity contribution in [3.63, 3.8) is 0 Å². The number of ether oxygens (including phenoxy) is 3. The summed E-state index contributed by atoms with van der Waals surface area (Å²) in [6.45, 7) is 2.37. The third-order valence-corrected chi connectivity index (χ3v) is 5.99. The molecule has 5 heteroatoms. The third kappa shape index (κ3) is 1.69. The Morgan fingerprint density at radius 2 is 2.09 bits per heavy atom. The van der Waals surface area contributed by atoms with Gasteiger partial charge in [0, 0.05) is 12.5 Å². The topological polar surface area (TPSA) is 51.2 Å². The average Bonchev–Trinajstić information content (AvgIpc) is 3.21. The number of aliphatic hydroxyl groups is 1. The van der Waals surface area contributed by atoms with Crippen molar-refractivity contribution in [3.8, 4) is 11.5 Å². The maximum atomic E-state index is 11.0. The van der Waals surface area contributed by atoms with Crippen LogP contribution in [0.1, 0.15) is 29.9 Å². The zero-order valence-electron chi connectivity index (χ0n) is 13.2. The second kappa shape index (κ2) is 4.65. The Hall–Kier alpha value is -1.72. The standard InChI is InChI=1S/C18H21NO4/c1-21-15-9-18-4-2-5-19(18)6-3-11-7-13-14(23-10-22-13)8-12(11)16(18)17(15)20/h7-9,16-17,20H,2-6,10H2,1H3/t16-,17+,18-/m1/s1. The van der Waals surface area contributed by atoms with Gasteiger partial charge in [-0.1, -0.05) is 0 Å². The fraction of sp³-hybridized carbons (Fsp3) is 0.556. The van der Waals surface area contributed by atoms with Crippen LogP contribution in [0.4, 0.5) is 0 Å². The van der Waals surface area contributed by atoms with Gasteiger partial charge < -0.3 is 19.3 Å². The largest absolute Gasteiger partial charge is 0.499 e. The van der Waals surface area contributed by atoms with Crippen LogP contribution < -0.4 is 9.47 Å². The molecular formula is C18H21NO4. The van der Waals surface area contributed by atoms with E-state index in [1.54, 1.807) is 7.11 Å². The fourth-order valence-corrected chi connectivity index (χ4v) is 4.99. The molecule has 1 spiro atoms. The molecule has 0 amide bonds. The minimum absolute atomic E-state index is 0.00644.